The zero-order chi connectivity index (χ0) is 24.2. The van der Waals surface area contributed by atoms with E-state index in [-0.39, 0.29) is 11.9 Å². The lowest BCUT2D eigenvalue weighted by Crippen LogP contribution is -2.72. The lowest BCUT2D eigenvalue weighted by atomic mass is 9.78. The Balaban J connectivity index is 1.63. The maximum Gasteiger partial charge on any atom is 0.236 e. The zero-order valence-electron chi connectivity index (χ0n) is 19.5. The number of rotatable bonds is 3. The molecule has 1 saturated heterocycles. The third-order valence-corrected chi connectivity index (χ3v) is 7.44. The van der Waals surface area contributed by atoms with Gasteiger partial charge in [-0.1, -0.05) is 57.4 Å². The molecular formula is C27H26BrN3O2S. The van der Waals surface area contributed by atoms with Crippen LogP contribution in [0.25, 0.3) is 0 Å². The fraction of sp³-hybridized carbons (Fsp3) is 0.259. The number of aryl methyl sites for hydroxylation is 3. The van der Waals surface area contributed by atoms with Crippen molar-refractivity contribution in [1.82, 2.24) is 5.32 Å². The number of fused-ring (bicyclic) bond motifs is 4. The molecule has 0 radical (unpaired) electrons. The molecule has 2 aliphatic heterocycles. The molecule has 2 heterocycles. The first-order valence-electron chi connectivity index (χ1n) is 11.2. The van der Waals surface area contributed by atoms with Crippen LogP contribution in [-0.2, 0) is 4.79 Å². The number of halogens is 1. The summed E-state index contributed by atoms with van der Waals surface area (Å²) in [5.74, 6) is 0.0541. The number of nitrogens with zero attached hydrogens (tertiary/aromatic N) is 1. The quantitative estimate of drug-likeness (QED) is 0.392. The minimum atomic E-state index is -1.04. The van der Waals surface area contributed by atoms with E-state index < -0.39 is 11.6 Å². The molecule has 2 bridgehead atoms. The normalized spacial score (nSPS) is 23.0. The van der Waals surface area contributed by atoms with Gasteiger partial charge in [0, 0.05) is 21.4 Å². The maximum absolute atomic E-state index is 14.0. The minimum absolute atomic E-state index is 0.124. The highest BCUT2D eigenvalue weighted by atomic mass is 79.9. The highest BCUT2D eigenvalue weighted by molar-refractivity contribution is 9.10. The Labute approximate surface area is 213 Å². The Hall–Kier alpha value is -2.90. The number of carbonyl (C=O) groups excluding carboxylic acids is 1. The van der Waals surface area contributed by atoms with Crippen LogP contribution in [0.1, 0.15) is 35.2 Å². The molecule has 7 heteroatoms. The Morgan fingerprint density at radius 2 is 1.82 bits per heavy atom. The molecule has 174 valence electrons. The molecule has 5 nitrogen and oxygen atoms in total. The van der Waals surface area contributed by atoms with Crippen LogP contribution in [0.3, 0.4) is 0 Å². The van der Waals surface area contributed by atoms with Crippen molar-refractivity contribution in [3.63, 3.8) is 0 Å². The van der Waals surface area contributed by atoms with Crippen molar-refractivity contribution in [2.45, 2.75) is 39.5 Å². The fourth-order valence-corrected chi connectivity index (χ4v) is 5.87. The number of amides is 1. The van der Waals surface area contributed by atoms with Gasteiger partial charge < -0.3 is 15.4 Å². The van der Waals surface area contributed by atoms with Gasteiger partial charge in [-0.15, -0.1) is 0 Å². The van der Waals surface area contributed by atoms with Gasteiger partial charge in [-0.05, 0) is 75.8 Å². The average Bonchev–Trinajstić information content (AvgIpc) is 2.76. The van der Waals surface area contributed by atoms with Gasteiger partial charge in [-0.3, -0.25) is 9.69 Å². The van der Waals surface area contributed by atoms with Gasteiger partial charge in [0.25, 0.3) is 0 Å². The predicted octanol–water partition coefficient (Wildman–Crippen LogP) is 6.17. The van der Waals surface area contributed by atoms with Crippen LogP contribution in [0.2, 0.25) is 0 Å². The van der Waals surface area contributed by atoms with E-state index in [0.717, 1.165) is 43.9 Å². The summed E-state index contributed by atoms with van der Waals surface area (Å²) >= 11 is 9.39. The highest BCUT2D eigenvalue weighted by Gasteiger charge is 2.59. The molecule has 3 aromatic rings. The predicted molar refractivity (Wildman–Crippen MR) is 143 cm³/mol. The van der Waals surface area contributed by atoms with Gasteiger partial charge in [0.05, 0.1) is 6.04 Å². The number of thiocarbonyl (C=S) groups is 1. The Kier molecular flexibility index (Phi) is 5.65. The molecule has 0 unspecified atom stereocenters. The summed E-state index contributed by atoms with van der Waals surface area (Å²) in [4.78, 5) is 15.9. The summed E-state index contributed by atoms with van der Waals surface area (Å²) in [6, 6.07) is 19.6. The summed E-state index contributed by atoms with van der Waals surface area (Å²) in [5.41, 5.74) is 4.80. The largest absolute Gasteiger partial charge is 0.467 e. The van der Waals surface area contributed by atoms with E-state index >= 15 is 0 Å². The molecule has 34 heavy (non-hydrogen) atoms. The second kappa shape index (κ2) is 8.40. The molecule has 0 aliphatic carbocycles. The van der Waals surface area contributed by atoms with Crippen LogP contribution in [-0.4, -0.2) is 16.7 Å². The van der Waals surface area contributed by atoms with Crippen LogP contribution < -0.4 is 20.3 Å². The number of benzene rings is 3. The molecule has 2 aliphatic rings. The number of hydrogen-bond acceptors (Lipinski definition) is 3. The summed E-state index contributed by atoms with van der Waals surface area (Å²) in [6.07, 6.45) is 0. The third kappa shape index (κ3) is 3.77. The summed E-state index contributed by atoms with van der Waals surface area (Å²) < 4.78 is 7.58. The maximum atomic E-state index is 14.0. The first kappa shape index (κ1) is 22.9. The second-order valence-corrected chi connectivity index (χ2v) is 10.5. The first-order chi connectivity index (χ1) is 16.2. The average molecular weight is 536 g/mol. The van der Waals surface area contributed by atoms with E-state index in [2.05, 4.69) is 38.7 Å². The molecule has 3 aromatic carbocycles. The molecule has 3 atom stereocenters. The van der Waals surface area contributed by atoms with Crippen molar-refractivity contribution in [3.8, 4) is 5.75 Å². The van der Waals surface area contributed by atoms with Crippen molar-refractivity contribution in [1.29, 1.82) is 0 Å². The van der Waals surface area contributed by atoms with E-state index in [4.69, 9.17) is 17.0 Å². The number of nitrogens with one attached hydrogen (secondary N) is 2. The van der Waals surface area contributed by atoms with Crippen LogP contribution in [0.15, 0.2) is 65.1 Å². The number of carbonyl (C=O) groups is 1. The van der Waals surface area contributed by atoms with Crippen molar-refractivity contribution >= 4 is 50.5 Å². The molecule has 5 rings (SSSR count). The number of hydrogen-bond donors (Lipinski definition) is 2. The van der Waals surface area contributed by atoms with Gasteiger partial charge in [0.15, 0.2) is 10.8 Å². The first-order valence-corrected chi connectivity index (χ1v) is 12.4. The van der Waals surface area contributed by atoms with E-state index in [0.29, 0.717) is 5.11 Å². The molecule has 0 saturated carbocycles. The molecule has 1 fully saturated rings. The third-order valence-electron chi connectivity index (χ3n) is 6.64. The number of ether oxygens (including phenoxy) is 1. The van der Waals surface area contributed by atoms with Gasteiger partial charge >= 0.3 is 0 Å². The molecule has 1 amide bonds. The Morgan fingerprint density at radius 1 is 1.09 bits per heavy atom. The van der Waals surface area contributed by atoms with Crippen molar-refractivity contribution in [3.05, 3.63) is 87.4 Å². The highest BCUT2D eigenvalue weighted by Crippen LogP contribution is 2.50. The van der Waals surface area contributed by atoms with Crippen LogP contribution in [0.5, 0.6) is 5.75 Å². The van der Waals surface area contributed by atoms with Crippen molar-refractivity contribution < 1.29 is 9.53 Å². The lowest BCUT2D eigenvalue weighted by Gasteiger charge is -2.56. The summed E-state index contributed by atoms with van der Waals surface area (Å²) in [6.45, 7) is 8.03. The Bertz CT molecular complexity index is 1330. The topological polar surface area (TPSA) is 53.6 Å². The van der Waals surface area contributed by atoms with Crippen LogP contribution in [0.4, 0.5) is 11.4 Å². The van der Waals surface area contributed by atoms with Crippen LogP contribution >= 0.6 is 28.1 Å². The van der Waals surface area contributed by atoms with Gasteiger partial charge in [-0.25, -0.2) is 0 Å². The fourth-order valence-electron chi connectivity index (χ4n) is 5.07. The summed E-state index contributed by atoms with van der Waals surface area (Å²) in [7, 11) is 0. The minimum Gasteiger partial charge on any atom is -0.467 e. The summed E-state index contributed by atoms with van der Waals surface area (Å²) in [5, 5.41) is 7.15. The molecule has 0 spiro atoms. The van der Waals surface area contributed by atoms with E-state index in [9.17, 15) is 4.79 Å². The second-order valence-electron chi connectivity index (χ2n) is 9.23. The van der Waals surface area contributed by atoms with E-state index in [1.807, 2.05) is 81.1 Å². The monoisotopic (exact) mass is 535 g/mol. The molecule has 0 aromatic heterocycles. The smallest absolute Gasteiger partial charge is 0.236 e. The van der Waals surface area contributed by atoms with Crippen molar-refractivity contribution in [2.75, 3.05) is 10.2 Å². The van der Waals surface area contributed by atoms with Crippen LogP contribution in [0, 0.1) is 26.7 Å². The molecule has 2 N–H and O–H groups in total. The SMILES string of the molecule is Cc1ccc(NC(=O)[C@H]2[C@@H]3NC(=S)N(c4cccc(Br)c4)[C@@]2(C)Oc2ccc(C)cc23)c(C)c1. The van der Waals surface area contributed by atoms with Gasteiger partial charge in [0.2, 0.25) is 5.91 Å². The lowest BCUT2D eigenvalue weighted by molar-refractivity contribution is -0.130. The van der Waals surface area contributed by atoms with Crippen molar-refractivity contribution in [2.24, 2.45) is 5.92 Å². The Morgan fingerprint density at radius 3 is 2.56 bits per heavy atom. The van der Waals surface area contributed by atoms with E-state index in [1.165, 1.54) is 0 Å². The van der Waals surface area contributed by atoms with Gasteiger partial charge in [-0.2, -0.15) is 0 Å². The van der Waals surface area contributed by atoms with Gasteiger partial charge in [0.1, 0.15) is 11.7 Å². The standard InChI is InChI=1S/C27H26BrN3O2S/c1-15-8-10-21(17(3)12-15)29-25(32)23-24-20-13-16(2)9-11-22(20)33-27(23,4)31(26(34)30-24)19-7-5-6-18(28)14-19/h5-14,23-24H,1-4H3,(H,29,32)(H,30,34)/t23-,24-,27+/m1/s1. The number of anilines is 2. The molecular weight excluding hydrogens is 510 g/mol. The zero-order valence-corrected chi connectivity index (χ0v) is 21.9. The van der Waals surface area contributed by atoms with E-state index in [1.54, 1.807) is 0 Å².